The summed E-state index contributed by atoms with van der Waals surface area (Å²) in [6, 6.07) is 8.54. The van der Waals surface area contributed by atoms with Crippen molar-refractivity contribution in [2.24, 2.45) is 5.73 Å². The van der Waals surface area contributed by atoms with E-state index in [4.69, 9.17) is 5.73 Å². The second kappa shape index (κ2) is 5.77. The third-order valence-electron chi connectivity index (χ3n) is 1.81. The average molecular weight is 208 g/mol. The molecule has 1 aromatic carbocycles. The van der Waals surface area contributed by atoms with Crippen LogP contribution >= 0.6 is 0 Å². The molecule has 80 valence electrons. The maximum atomic E-state index is 11.1. The van der Waals surface area contributed by atoms with Gasteiger partial charge in [-0.1, -0.05) is 30.3 Å². The van der Waals surface area contributed by atoms with Gasteiger partial charge in [0.05, 0.1) is 0 Å². The highest BCUT2D eigenvalue weighted by atomic mass is 16.7. The number of hydrogen-bond acceptors (Lipinski definition) is 4. The Morgan fingerprint density at radius 2 is 2.13 bits per heavy atom. The molecule has 0 radical (unpaired) electrons. The highest BCUT2D eigenvalue weighted by molar-refractivity contribution is 5.76. The van der Waals surface area contributed by atoms with Crippen molar-refractivity contribution in [3.63, 3.8) is 0 Å². The van der Waals surface area contributed by atoms with Gasteiger partial charge < -0.3 is 10.6 Å². The average Bonchev–Trinajstić information content (AvgIpc) is 2.27. The minimum Gasteiger partial charge on any atom is -0.339 e. The molecule has 0 saturated heterocycles. The van der Waals surface area contributed by atoms with E-state index in [0.717, 1.165) is 5.56 Å². The van der Waals surface area contributed by atoms with Crippen LogP contribution in [0.3, 0.4) is 0 Å². The van der Waals surface area contributed by atoms with Gasteiger partial charge in [0.2, 0.25) is 6.41 Å². The second-order valence-corrected chi connectivity index (χ2v) is 2.95. The van der Waals surface area contributed by atoms with Crippen molar-refractivity contribution in [3.05, 3.63) is 35.9 Å². The largest absolute Gasteiger partial charge is 0.349 e. The molecular formula is C10H12N2O3. The van der Waals surface area contributed by atoms with Crippen molar-refractivity contribution in [1.29, 1.82) is 0 Å². The standard InChI is InChI=1S/C10H12N2O3/c11-9(10(14)15-12-7-13)6-8-4-2-1-3-5-8/h1-5,7,9H,6,11H2,(H,12,13)/t9-/m0/s1. The van der Waals surface area contributed by atoms with Crippen molar-refractivity contribution in [2.75, 3.05) is 0 Å². The van der Waals surface area contributed by atoms with Gasteiger partial charge in [-0.2, -0.15) is 5.48 Å². The summed E-state index contributed by atoms with van der Waals surface area (Å²) in [7, 11) is 0. The van der Waals surface area contributed by atoms with Gasteiger partial charge in [0.1, 0.15) is 6.04 Å². The molecule has 0 saturated carbocycles. The van der Waals surface area contributed by atoms with Gasteiger partial charge in [-0.3, -0.25) is 4.79 Å². The van der Waals surface area contributed by atoms with Gasteiger partial charge >= 0.3 is 5.97 Å². The number of carbonyl (C=O) groups is 2. The molecule has 1 amide bonds. The van der Waals surface area contributed by atoms with Crippen LogP contribution in [-0.4, -0.2) is 18.4 Å². The van der Waals surface area contributed by atoms with E-state index in [2.05, 4.69) is 4.84 Å². The molecule has 5 heteroatoms. The lowest BCUT2D eigenvalue weighted by molar-refractivity contribution is -0.155. The monoisotopic (exact) mass is 208 g/mol. The Hall–Kier alpha value is -1.88. The van der Waals surface area contributed by atoms with Gasteiger partial charge in [-0.25, -0.2) is 4.79 Å². The van der Waals surface area contributed by atoms with Gasteiger partial charge in [-0.15, -0.1) is 0 Å². The predicted molar refractivity (Wildman–Crippen MR) is 53.4 cm³/mol. The molecule has 0 heterocycles. The van der Waals surface area contributed by atoms with Gasteiger partial charge in [0, 0.05) is 0 Å². The van der Waals surface area contributed by atoms with Crippen molar-refractivity contribution in [2.45, 2.75) is 12.5 Å². The number of hydroxylamine groups is 1. The van der Waals surface area contributed by atoms with Crippen LogP contribution in [-0.2, 0) is 20.8 Å². The number of carbonyl (C=O) groups excluding carboxylic acids is 2. The Kier molecular flexibility index (Phi) is 4.30. The van der Waals surface area contributed by atoms with Crippen molar-refractivity contribution in [1.82, 2.24) is 5.48 Å². The molecule has 0 aliphatic heterocycles. The van der Waals surface area contributed by atoms with Crippen molar-refractivity contribution >= 4 is 12.4 Å². The Bertz CT molecular complexity index is 327. The highest BCUT2D eigenvalue weighted by Crippen LogP contribution is 2.02. The summed E-state index contributed by atoms with van der Waals surface area (Å²) in [5.41, 5.74) is 8.30. The molecule has 1 rings (SSSR count). The van der Waals surface area contributed by atoms with Gasteiger partial charge in [0.25, 0.3) is 0 Å². The van der Waals surface area contributed by atoms with E-state index >= 15 is 0 Å². The Morgan fingerprint density at radius 3 is 2.73 bits per heavy atom. The number of amides is 1. The highest BCUT2D eigenvalue weighted by Gasteiger charge is 2.15. The molecule has 0 spiro atoms. The third-order valence-corrected chi connectivity index (χ3v) is 1.81. The predicted octanol–water partition coefficient (Wildman–Crippen LogP) is -0.239. The van der Waals surface area contributed by atoms with Crippen LogP contribution in [0.4, 0.5) is 0 Å². The first-order valence-electron chi connectivity index (χ1n) is 4.43. The Morgan fingerprint density at radius 1 is 1.47 bits per heavy atom. The summed E-state index contributed by atoms with van der Waals surface area (Å²) in [6.45, 7) is 0. The van der Waals surface area contributed by atoms with Crippen LogP contribution in [0.25, 0.3) is 0 Å². The zero-order valence-electron chi connectivity index (χ0n) is 8.05. The topological polar surface area (TPSA) is 81.4 Å². The van der Waals surface area contributed by atoms with Crippen molar-refractivity contribution in [3.8, 4) is 0 Å². The summed E-state index contributed by atoms with van der Waals surface area (Å²) in [4.78, 5) is 25.3. The first-order chi connectivity index (χ1) is 7.24. The van der Waals surface area contributed by atoms with E-state index in [1.165, 1.54) is 0 Å². The Labute approximate surface area is 87.2 Å². The molecule has 1 atom stereocenters. The third kappa shape index (κ3) is 3.78. The van der Waals surface area contributed by atoms with Crippen LogP contribution < -0.4 is 11.2 Å². The molecular weight excluding hydrogens is 196 g/mol. The molecule has 3 N–H and O–H groups in total. The molecule has 15 heavy (non-hydrogen) atoms. The fraction of sp³-hybridized carbons (Fsp3) is 0.200. The fourth-order valence-electron chi connectivity index (χ4n) is 1.11. The second-order valence-electron chi connectivity index (χ2n) is 2.95. The summed E-state index contributed by atoms with van der Waals surface area (Å²) < 4.78 is 0. The minimum atomic E-state index is -0.778. The molecule has 0 aliphatic carbocycles. The first-order valence-corrected chi connectivity index (χ1v) is 4.43. The normalized spacial score (nSPS) is 11.5. The molecule has 0 unspecified atom stereocenters. The van der Waals surface area contributed by atoms with E-state index in [1.54, 1.807) is 5.48 Å². The number of benzene rings is 1. The van der Waals surface area contributed by atoms with E-state index in [1.807, 2.05) is 30.3 Å². The van der Waals surface area contributed by atoms with E-state index in [-0.39, 0.29) is 6.41 Å². The molecule has 0 aromatic heterocycles. The van der Waals surface area contributed by atoms with Gasteiger partial charge in [-0.05, 0) is 12.0 Å². The van der Waals surface area contributed by atoms with Crippen LogP contribution in [0.5, 0.6) is 0 Å². The molecule has 0 fully saturated rings. The van der Waals surface area contributed by atoms with Crippen LogP contribution in [0.2, 0.25) is 0 Å². The first kappa shape index (κ1) is 11.2. The SMILES string of the molecule is N[C@@H](Cc1ccccc1)C(=O)ONC=O. The number of nitrogens with two attached hydrogens (primary N) is 1. The lowest BCUT2D eigenvalue weighted by Crippen LogP contribution is -2.37. The molecule has 1 aromatic rings. The summed E-state index contributed by atoms with van der Waals surface area (Å²) in [6.07, 6.45) is 0.646. The number of rotatable bonds is 5. The Balaban J connectivity index is 2.45. The smallest absolute Gasteiger partial charge is 0.339 e. The number of hydrogen-bond donors (Lipinski definition) is 2. The van der Waals surface area contributed by atoms with Crippen LogP contribution in [0.1, 0.15) is 5.56 Å². The number of nitrogens with one attached hydrogen (secondary N) is 1. The zero-order chi connectivity index (χ0) is 11.1. The van der Waals surface area contributed by atoms with Crippen LogP contribution in [0.15, 0.2) is 30.3 Å². The maximum absolute atomic E-state index is 11.1. The lowest BCUT2D eigenvalue weighted by atomic mass is 10.1. The molecule has 0 bridgehead atoms. The van der Waals surface area contributed by atoms with Crippen molar-refractivity contribution < 1.29 is 14.4 Å². The summed E-state index contributed by atoms with van der Waals surface area (Å²) in [5.74, 6) is -0.661. The molecule has 5 nitrogen and oxygen atoms in total. The zero-order valence-corrected chi connectivity index (χ0v) is 8.05. The maximum Gasteiger partial charge on any atom is 0.349 e. The summed E-state index contributed by atoms with van der Waals surface area (Å²) >= 11 is 0. The quantitative estimate of drug-likeness (QED) is 0.517. The van der Waals surface area contributed by atoms with E-state index < -0.39 is 12.0 Å². The summed E-state index contributed by atoms with van der Waals surface area (Å²) in [5, 5.41) is 0. The fourth-order valence-corrected chi connectivity index (χ4v) is 1.11. The van der Waals surface area contributed by atoms with Gasteiger partial charge in [0.15, 0.2) is 0 Å². The minimum absolute atomic E-state index is 0.271. The molecule has 0 aliphatic rings. The van der Waals surface area contributed by atoms with Crippen LogP contribution in [0, 0.1) is 0 Å². The lowest BCUT2D eigenvalue weighted by Gasteiger charge is -2.09. The van der Waals surface area contributed by atoms with E-state index in [9.17, 15) is 9.59 Å². The van der Waals surface area contributed by atoms with E-state index in [0.29, 0.717) is 6.42 Å².